The molecule has 0 spiro atoms. The molecule has 1 aromatic carbocycles. The van der Waals surface area contributed by atoms with Crippen LogP contribution in [0.4, 0.5) is 5.69 Å². The molecule has 1 heterocycles. The lowest BCUT2D eigenvalue weighted by Gasteiger charge is -2.18. The standard InChI is InChI=1S/C15H21N3O/c1-15(2,3)8-9-16-12-6-4-11(5-7-12)13-10-14(19)18-17-13/h4-7,10,16H,8-9H2,1-3H3,(H2,17,18,19). The number of anilines is 1. The van der Waals surface area contributed by atoms with Crippen LogP contribution in [-0.4, -0.2) is 16.7 Å². The van der Waals surface area contributed by atoms with Gasteiger partial charge in [-0.2, -0.15) is 0 Å². The van der Waals surface area contributed by atoms with Gasteiger partial charge < -0.3 is 5.32 Å². The van der Waals surface area contributed by atoms with Crippen molar-refractivity contribution in [1.29, 1.82) is 0 Å². The minimum absolute atomic E-state index is 0.109. The summed E-state index contributed by atoms with van der Waals surface area (Å²) in [5, 5.41) is 8.79. The van der Waals surface area contributed by atoms with Gasteiger partial charge >= 0.3 is 0 Å². The number of benzene rings is 1. The van der Waals surface area contributed by atoms with Crippen molar-refractivity contribution in [3.63, 3.8) is 0 Å². The van der Waals surface area contributed by atoms with Crippen molar-refractivity contribution in [2.24, 2.45) is 5.41 Å². The van der Waals surface area contributed by atoms with Gasteiger partial charge in [-0.15, -0.1) is 0 Å². The van der Waals surface area contributed by atoms with E-state index >= 15 is 0 Å². The van der Waals surface area contributed by atoms with Crippen molar-refractivity contribution in [1.82, 2.24) is 10.2 Å². The number of nitrogens with one attached hydrogen (secondary N) is 3. The molecule has 19 heavy (non-hydrogen) atoms. The highest BCUT2D eigenvalue weighted by molar-refractivity contribution is 5.62. The Morgan fingerprint density at radius 1 is 1.11 bits per heavy atom. The van der Waals surface area contributed by atoms with Crippen molar-refractivity contribution in [3.8, 4) is 11.3 Å². The van der Waals surface area contributed by atoms with E-state index in [1.807, 2.05) is 24.3 Å². The zero-order valence-electron chi connectivity index (χ0n) is 11.7. The van der Waals surface area contributed by atoms with Gasteiger partial charge in [-0.3, -0.25) is 15.0 Å². The van der Waals surface area contributed by atoms with E-state index in [0.717, 1.165) is 29.9 Å². The SMILES string of the molecule is CC(C)(C)CCNc1ccc(-c2cc(=O)[nH][nH]2)cc1. The molecular formula is C15H21N3O. The van der Waals surface area contributed by atoms with Crippen LogP contribution >= 0.6 is 0 Å². The highest BCUT2D eigenvalue weighted by atomic mass is 16.1. The van der Waals surface area contributed by atoms with Gasteiger partial charge in [0.05, 0.1) is 5.69 Å². The summed E-state index contributed by atoms with van der Waals surface area (Å²) in [4.78, 5) is 11.1. The van der Waals surface area contributed by atoms with E-state index in [1.54, 1.807) is 6.07 Å². The lowest BCUT2D eigenvalue weighted by atomic mass is 9.92. The van der Waals surface area contributed by atoms with Crippen LogP contribution in [-0.2, 0) is 0 Å². The minimum atomic E-state index is -0.109. The number of H-pyrrole nitrogens is 2. The molecule has 0 bridgehead atoms. The summed E-state index contributed by atoms with van der Waals surface area (Å²) in [6, 6.07) is 9.62. The maximum Gasteiger partial charge on any atom is 0.264 e. The van der Waals surface area contributed by atoms with E-state index < -0.39 is 0 Å². The molecule has 0 amide bonds. The van der Waals surface area contributed by atoms with Gasteiger partial charge in [0.2, 0.25) is 0 Å². The Morgan fingerprint density at radius 3 is 2.32 bits per heavy atom. The van der Waals surface area contributed by atoms with Crippen molar-refractivity contribution in [3.05, 3.63) is 40.7 Å². The van der Waals surface area contributed by atoms with Crippen LogP contribution in [0.15, 0.2) is 35.1 Å². The third kappa shape index (κ3) is 4.02. The smallest absolute Gasteiger partial charge is 0.264 e. The van der Waals surface area contributed by atoms with Crippen LogP contribution in [0.2, 0.25) is 0 Å². The second kappa shape index (κ2) is 5.34. The molecule has 0 saturated carbocycles. The van der Waals surface area contributed by atoms with Gasteiger partial charge in [0, 0.05) is 18.3 Å². The first-order valence-electron chi connectivity index (χ1n) is 6.56. The van der Waals surface area contributed by atoms with Crippen LogP contribution in [0, 0.1) is 5.41 Å². The summed E-state index contributed by atoms with van der Waals surface area (Å²) >= 11 is 0. The largest absolute Gasteiger partial charge is 0.385 e. The van der Waals surface area contributed by atoms with Gasteiger partial charge in [0.1, 0.15) is 0 Å². The molecule has 0 aliphatic heterocycles. The number of hydrogen-bond acceptors (Lipinski definition) is 2. The van der Waals surface area contributed by atoms with Crippen molar-refractivity contribution in [2.45, 2.75) is 27.2 Å². The van der Waals surface area contributed by atoms with Crippen molar-refractivity contribution in [2.75, 3.05) is 11.9 Å². The molecule has 4 nitrogen and oxygen atoms in total. The average Bonchev–Trinajstić information content (AvgIpc) is 2.75. The Bertz CT molecular complexity index is 572. The van der Waals surface area contributed by atoms with E-state index in [4.69, 9.17) is 0 Å². The van der Waals surface area contributed by atoms with Gasteiger partial charge in [-0.05, 0) is 29.5 Å². The Morgan fingerprint density at radius 2 is 1.79 bits per heavy atom. The van der Waals surface area contributed by atoms with Crippen molar-refractivity contribution < 1.29 is 0 Å². The summed E-state index contributed by atoms with van der Waals surface area (Å²) in [5.41, 5.74) is 3.15. The van der Waals surface area contributed by atoms with E-state index in [2.05, 4.69) is 36.3 Å². The molecule has 0 saturated heterocycles. The molecule has 0 atom stereocenters. The third-order valence-corrected chi connectivity index (χ3v) is 3.00. The summed E-state index contributed by atoms with van der Waals surface area (Å²) < 4.78 is 0. The number of rotatable bonds is 4. The molecule has 0 aliphatic rings. The Hall–Kier alpha value is -1.97. The Kier molecular flexibility index (Phi) is 3.79. The molecule has 4 heteroatoms. The molecule has 2 rings (SSSR count). The van der Waals surface area contributed by atoms with E-state index in [9.17, 15) is 4.79 Å². The van der Waals surface area contributed by atoms with Gasteiger partial charge in [-0.1, -0.05) is 32.9 Å². The summed E-state index contributed by atoms with van der Waals surface area (Å²) in [6.45, 7) is 7.67. The quantitative estimate of drug-likeness (QED) is 0.789. The zero-order chi connectivity index (χ0) is 13.9. The maximum absolute atomic E-state index is 11.1. The third-order valence-electron chi connectivity index (χ3n) is 3.00. The molecular weight excluding hydrogens is 238 g/mol. The van der Waals surface area contributed by atoms with Crippen molar-refractivity contribution >= 4 is 5.69 Å². The number of aromatic nitrogens is 2. The normalized spacial score (nSPS) is 11.5. The second-order valence-corrected chi connectivity index (χ2v) is 5.99. The lowest BCUT2D eigenvalue weighted by Crippen LogP contribution is -2.12. The average molecular weight is 259 g/mol. The molecule has 2 aromatic rings. The molecule has 0 aliphatic carbocycles. The van der Waals surface area contributed by atoms with Crippen LogP contribution in [0.25, 0.3) is 11.3 Å². The molecule has 1 aromatic heterocycles. The Labute approximate surface area is 113 Å². The predicted molar refractivity (Wildman–Crippen MR) is 79.4 cm³/mol. The summed E-state index contributed by atoms with van der Waals surface area (Å²) in [6.07, 6.45) is 1.12. The first kappa shape index (κ1) is 13.5. The van der Waals surface area contributed by atoms with Gasteiger partial charge in [0.25, 0.3) is 5.56 Å². The fourth-order valence-electron chi connectivity index (χ4n) is 1.84. The monoisotopic (exact) mass is 259 g/mol. The van der Waals surface area contributed by atoms with Crippen LogP contribution in [0.3, 0.4) is 0 Å². The van der Waals surface area contributed by atoms with Crippen LogP contribution in [0.5, 0.6) is 0 Å². The van der Waals surface area contributed by atoms with Crippen LogP contribution < -0.4 is 10.9 Å². The minimum Gasteiger partial charge on any atom is -0.385 e. The van der Waals surface area contributed by atoms with E-state index in [1.165, 1.54) is 0 Å². The molecule has 0 radical (unpaired) electrons. The van der Waals surface area contributed by atoms with Gasteiger partial charge in [0.15, 0.2) is 0 Å². The predicted octanol–water partition coefficient (Wildman–Crippen LogP) is 3.22. The summed E-state index contributed by atoms with van der Waals surface area (Å²) in [7, 11) is 0. The fourth-order valence-corrected chi connectivity index (χ4v) is 1.84. The maximum atomic E-state index is 11.1. The van der Waals surface area contributed by atoms with E-state index in [0.29, 0.717) is 5.41 Å². The zero-order valence-corrected chi connectivity index (χ0v) is 11.7. The number of aromatic amines is 2. The molecule has 102 valence electrons. The summed E-state index contributed by atoms with van der Waals surface area (Å²) in [5.74, 6) is 0. The van der Waals surface area contributed by atoms with Gasteiger partial charge in [-0.25, -0.2) is 0 Å². The van der Waals surface area contributed by atoms with Crippen LogP contribution in [0.1, 0.15) is 27.2 Å². The molecule has 0 fully saturated rings. The first-order valence-corrected chi connectivity index (χ1v) is 6.56. The topological polar surface area (TPSA) is 60.7 Å². The molecule has 3 N–H and O–H groups in total. The lowest BCUT2D eigenvalue weighted by molar-refractivity contribution is 0.390. The highest BCUT2D eigenvalue weighted by Crippen LogP contribution is 2.20. The fraction of sp³-hybridized carbons (Fsp3) is 0.400. The molecule has 0 unspecified atom stereocenters. The highest BCUT2D eigenvalue weighted by Gasteiger charge is 2.08. The Balaban J connectivity index is 1.97. The number of hydrogen-bond donors (Lipinski definition) is 3. The second-order valence-electron chi connectivity index (χ2n) is 5.99. The first-order chi connectivity index (χ1) is 8.94. The van der Waals surface area contributed by atoms with E-state index in [-0.39, 0.29) is 5.56 Å².